The van der Waals surface area contributed by atoms with Gasteiger partial charge in [0.15, 0.2) is 0 Å². The van der Waals surface area contributed by atoms with E-state index in [0.717, 1.165) is 24.2 Å². The largest absolute Gasteiger partial charge is 2.00 e. The molecule has 34 heavy (non-hydrogen) atoms. The summed E-state index contributed by atoms with van der Waals surface area (Å²) in [4.78, 5) is 25.3. The van der Waals surface area contributed by atoms with Crippen molar-refractivity contribution in [2.45, 2.75) is 13.5 Å². The zero-order valence-corrected chi connectivity index (χ0v) is 19.8. The first-order valence-electron chi connectivity index (χ1n) is 9.54. The van der Waals surface area contributed by atoms with E-state index >= 15 is 0 Å². The first-order chi connectivity index (χ1) is 15.5. The third kappa shape index (κ3) is 13.9. The molecule has 0 bridgehead atoms. The number of nitro benzene ring substituents is 1. The number of nitro groups is 1. The Bertz CT molecular complexity index is 933. The molecule has 0 saturated heterocycles. The number of hydrogen-bond donors (Lipinski definition) is 2. The molecular formula is C20H23ClN4NiO8. The summed E-state index contributed by atoms with van der Waals surface area (Å²) in [6.07, 6.45) is 2.08. The van der Waals surface area contributed by atoms with Crippen LogP contribution in [0.25, 0.3) is 0 Å². The molecular weight excluding hydrogens is 518 g/mol. The van der Waals surface area contributed by atoms with Gasteiger partial charge in [0.2, 0.25) is 0 Å². The molecule has 2 aromatic carbocycles. The molecule has 2 rings (SSSR count). The SMILES string of the molecule is Cc1cc(C=O)c([O-])c(C=NCCNCCNCc2ccc([N+](=O)[O-])cc2)c1.[Ni+2].[O-][Cl+3]([O-])([O-])[O-]. The Labute approximate surface area is 208 Å². The molecule has 0 fully saturated rings. The molecule has 2 N–H and O–H groups in total. The number of nitrogens with zero attached hydrogens (tertiary/aromatic N) is 2. The maximum absolute atomic E-state index is 12.0. The van der Waals surface area contributed by atoms with Gasteiger partial charge in [0.25, 0.3) is 5.69 Å². The van der Waals surface area contributed by atoms with E-state index in [9.17, 15) is 20.0 Å². The van der Waals surface area contributed by atoms with Gasteiger partial charge in [-0.1, -0.05) is 23.9 Å². The number of carbonyl (C=O) groups is 1. The molecule has 0 aliphatic carbocycles. The van der Waals surface area contributed by atoms with Crippen molar-refractivity contribution in [1.82, 2.24) is 10.6 Å². The van der Waals surface area contributed by atoms with Crippen molar-refractivity contribution in [2.75, 3.05) is 26.2 Å². The van der Waals surface area contributed by atoms with E-state index in [0.29, 0.717) is 31.5 Å². The van der Waals surface area contributed by atoms with Gasteiger partial charge in [0.1, 0.15) is 6.29 Å². The van der Waals surface area contributed by atoms with Gasteiger partial charge < -0.3 is 15.7 Å². The summed E-state index contributed by atoms with van der Waals surface area (Å²) < 4.78 is 34.0. The number of aryl methyl sites for hydroxylation is 1. The van der Waals surface area contributed by atoms with Crippen LogP contribution in [0.1, 0.15) is 27.0 Å². The van der Waals surface area contributed by atoms with Crippen molar-refractivity contribution in [3.8, 4) is 5.75 Å². The molecule has 2 aromatic rings. The Balaban J connectivity index is 0.00000164. The van der Waals surface area contributed by atoms with E-state index < -0.39 is 15.2 Å². The van der Waals surface area contributed by atoms with Crippen molar-refractivity contribution >= 4 is 18.2 Å². The Morgan fingerprint density at radius 3 is 2.12 bits per heavy atom. The van der Waals surface area contributed by atoms with E-state index in [2.05, 4.69) is 15.6 Å². The number of non-ortho nitro benzene ring substituents is 1. The number of rotatable bonds is 11. The van der Waals surface area contributed by atoms with Crippen LogP contribution in [0.15, 0.2) is 41.4 Å². The fourth-order valence-corrected chi connectivity index (χ4v) is 2.59. The molecule has 0 unspecified atom stereocenters. The summed E-state index contributed by atoms with van der Waals surface area (Å²) >= 11 is 0. The Morgan fingerprint density at radius 2 is 1.56 bits per heavy atom. The van der Waals surface area contributed by atoms with Crippen LogP contribution in [0.2, 0.25) is 0 Å². The normalized spacial score (nSPS) is 10.9. The molecule has 0 aliphatic rings. The van der Waals surface area contributed by atoms with Crippen LogP contribution in [0.4, 0.5) is 5.69 Å². The maximum atomic E-state index is 12.0. The summed E-state index contributed by atoms with van der Waals surface area (Å²) in [7, 11) is -4.94. The van der Waals surface area contributed by atoms with Gasteiger partial charge in [-0.05, 0) is 29.7 Å². The fraction of sp³-hybridized carbons (Fsp3) is 0.300. The van der Waals surface area contributed by atoms with Gasteiger partial charge in [-0.3, -0.25) is 19.9 Å². The van der Waals surface area contributed by atoms with Crippen molar-refractivity contribution in [2.24, 2.45) is 4.99 Å². The van der Waals surface area contributed by atoms with Gasteiger partial charge in [-0.15, -0.1) is 10.2 Å². The number of aldehydes is 1. The van der Waals surface area contributed by atoms with E-state index in [4.69, 9.17) is 18.6 Å². The van der Waals surface area contributed by atoms with Crippen molar-refractivity contribution in [1.29, 1.82) is 0 Å². The van der Waals surface area contributed by atoms with Crippen LogP contribution in [0.5, 0.6) is 5.75 Å². The average Bonchev–Trinajstić information content (AvgIpc) is 2.73. The smallest absolute Gasteiger partial charge is 0.872 e. The van der Waals surface area contributed by atoms with Gasteiger partial charge in [-0.25, -0.2) is 18.6 Å². The summed E-state index contributed by atoms with van der Waals surface area (Å²) in [5.41, 5.74) is 2.49. The van der Waals surface area contributed by atoms with Crippen molar-refractivity contribution in [3.05, 3.63) is 68.8 Å². The summed E-state index contributed by atoms with van der Waals surface area (Å²) in [5.74, 6) is -0.298. The molecule has 0 atom stereocenters. The van der Waals surface area contributed by atoms with Crippen LogP contribution < -0.4 is 34.4 Å². The van der Waals surface area contributed by atoms with Crippen LogP contribution in [-0.4, -0.2) is 43.6 Å². The Morgan fingerprint density at radius 1 is 1.00 bits per heavy atom. The quantitative estimate of drug-likeness (QED) is 0.0727. The number of benzene rings is 2. The van der Waals surface area contributed by atoms with Crippen molar-refractivity contribution in [3.63, 3.8) is 0 Å². The Kier molecular flexibility index (Phi) is 15.0. The minimum Gasteiger partial charge on any atom is -0.872 e. The average molecular weight is 542 g/mol. The molecule has 0 amide bonds. The number of carbonyl (C=O) groups excluding carboxylic acids is 1. The second-order valence-corrected chi connectivity index (χ2v) is 7.41. The van der Waals surface area contributed by atoms with Crippen LogP contribution in [0.3, 0.4) is 0 Å². The number of halogens is 1. The molecule has 188 valence electrons. The molecule has 0 aromatic heterocycles. The molecule has 0 radical (unpaired) electrons. The monoisotopic (exact) mass is 540 g/mol. The zero-order chi connectivity index (χ0) is 24.9. The van der Waals surface area contributed by atoms with Crippen LogP contribution in [0, 0.1) is 27.3 Å². The third-order valence-electron chi connectivity index (χ3n) is 4.02. The first-order valence-corrected chi connectivity index (χ1v) is 10.8. The molecule has 0 saturated carbocycles. The molecule has 0 spiro atoms. The van der Waals surface area contributed by atoms with Gasteiger partial charge in [-0.2, -0.15) is 0 Å². The first kappa shape index (κ1) is 31.5. The molecule has 0 aliphatic heterocycles. The topological polar surface area (TPSA) is 212 Å². The van der Waals surface area contributed by atoms with E-state index in [1.807, 2.05) is 6.92 Å². The van der Waals surface area contributed by atoms with Gasteiger partial charge in [0.05, 0.1) is 11.5 Å². The maximum Gasteiger partial charge on any atom is 2.00 e. The van der Waals surface area contributed by atoms with E-state index in [-0.39, 0.29) is 33.5 Å². The summed E-state index contributed by atoms with van der Waals surface area (Å²) in [6.45, 7) is 5.13. The van der Waals surface area contributed by atoms with Crippen LogP contribution in [-0.2, 0) is 23.0 Å². The summed E-state index contributed by atoms with van der Waals surface area (Å²) in [6, 6.07) is 9.74. The number of nitrogens with one attached hydrogen (secondary N) is 2. The number of aliphatic imine (C=N–C) groups is 1. The van der Waals surface area contributed by atoms with E-state index in [1.165, 1.54) is 18.3 Å². The summed E-state index contributed by atoms with van der Waals surface area (Å²) in [5, 5.41) is 29.1. The second kappa shape index (κ2) is 16.2. The number of hydrogen-bond acceptors (Lipinski definition) is 11. The third-order valence-corrected chi connectivity index (χ3v) is 4.02. The minimum atomic E-state index is -4.94. The zero-order valence-electron chi connectivity index (χ0n) is 18.0. The van der Waals surface area contributed by atoms with Crippen molar-refractivity contribution < 1.29 is 60.2 Å². The fourth-order valence-electron chi connectivity index (χ4n) is 2.59. The standard InChI is InChI=1S/C20H24N4O4.ClHO4.Ni/c1-15-10-17(20(26)18(11-15)14-25)13-23-9-7-21-6-8-22-12-16-2-4-19(5-3-16)24(27)28;2-1(3,4)5;/h2-5,10-11,13-14,21-22,26H,6-9,12H2,1H3;(H,2,3,4,5);/q;;+2/p-2. The van der Waals surface area contributed by atoms with E-state index in [1.54, 1.807) is 24.3 Å². The Hall–Kier alpha value is -2.48. The predicted molar refractivity (Wildman–Crippen MR) is 106 cm³/mol. The van der Waals surface area contributed by atoms with Gasteiger partial charge >= 0.3 is 16.5 Å². The minimum absolute atomic E-state index is 0. The van der Waals surface area contributed by atoms with Gasteiger partial charge in [0, 0.05) is 50.1 Å². The molecule has 0 heterocycles. The van der Waals surface area contributed by atoms with Crippen LogP contribution >= 0.6 is 0 Å². The second-order valence-electron chi connectivity index (χ2n) is 6.65. The molecule has 14 heteroatoms. The predicted octanol–water partition coefficient (Wildman–Crippen LogP) is -3.17. The molecule has 12 nitrogen and oxygen atoms in total.